The van der Waals surface area contributed by atoms with Crippen LogP contribution in [0.5, 0.6) is 0 Å². The van der Waals surface area contributed by atoms with Gasteiger partial charge in [0.25, 0.3) is 0 Å². The highest BCUT2D eigenvalue weighted by Gasteiger charge is 2.24. The van der Waals surface area contributed by atoms with Gasteiger partial charge < -0.3 is 20.1 Å². The van der Waals surface area contributed by atoms with Crippen LogP contribution in [0.25, 0.3) is 10.9 Å². The van der Waals surface area contributed by atoms with E-state index in [0.29, 0.717) is 44.6 Å². The van der Waals surface area contributed by atoms with E-state index >= 15 is 0 Å². The van der Waals surface area contributed by atoms with Gasteiger partial charge in [0.1, 0.15) is 11.9 Å². The van der Waals surface area contributed by atoms with Gasteiger partial charge in [-0.1, -0.05) is 60.5 Å². The van der Waals surface area contributed by atoms with Crippen molar-refractivity contribution in [3.63, 3.8) is 0 Å². The lowest BCUT2D eigenvalue weighted by atomic mass is 10.0. The Labute approximate surface area is 259 Å². The third-order valence-electron chi connectivity index (χ3n) is 8.02. The van der Waals surface area contributed by atoms with Crippen molar-refractivity contribution in [3.05, 3.63) is 112 Å². The van der Waals surface area contributed by atoms with Crippen LogP contribution in [0.3, 0.4) is 0 Å². The first-order valence-corrected chi connectivity index (χ1v) is 15.0. The van der Waals surface area contributed by atoms with Crippen molar-refractivity contribution in [2.45, 2.75) is 31.8 Å². The zero-order chi connectivity index (χ0) is 29.9. The quantitative estimate of drug-likeness (QED) is 0.183. The normalized spacial score (nSPS) is 14.9. The second-order valence-electron chi connectivity index (χ2n) is 10.7. The number of nitriles is 1. The number of rotatable bonds is 8. The van der Waals surface area contributed by atoms with Crippen molar-refractivity contribution < 1.29 is 4.39 Å². The van der Waals surface area contributed by atoms with E-state index in [1.54, 1.807) is 12.1 Å². The van der Waals surface area contributed by atoms with Crippen LogP contribution in [0.4, 0.5) is 21.5 Å². The number of aromatic nitrogens is 3. The number of nitrogens with zero attached hydrogens (tertiary/aromatic N) is 5. The Kier molecular flexibility index (Phi) is 8.48. The predicted octanol–water partition coefficient (Wildman–Crippen LogP) is 8.35. The lowest BCUT2D eigenvalue weighted by Crippen LogP contribution is -2.34. The molecular weight excluding hydrogens is 584 g/mol. The number of benzene rings is 3. The summed E-state index contributed by atoms with van der Waals surface area (Å²) in [5, 5.41) is 17.9. The number of pyridine rings is 1. The van der Waals surface area contributed by atoms with Crippen LogP contribution in [0.1, 0.15) is 48.7 Å². The van der Waals surface area contributed by atoms with Crippen molar-refractivity contribution in [2.24, 2.45) is 0 Å². The van der Waals surface area contributed by atoms with Crippen LogP contribution in [0.2, 0.25) is 10.0 Å². The molecule has 0 amide bonds. The Morgan fingerprint density at radius 2 is 1.86 bits per heavy atom. The molecule has 0 saturated carbocycles. The van der Waals surface area contributed by atoms with Gasteiger partial charge in [-0.3, -0.25) is 4.98 Å². The van der Waals surface area contributed by atoms with Crippen molar-refractivity contribution in [2.75, 3.05) is 30.3 Å². The number of imidazole rings is 1. The fourth-order valence-corrected chi connectivity index (χ4v) is 6.08. The van der Waals surface area contributed by atoms with Crippen molar-refractivity contribution in [3.8, 4) is 6.07 Å². The Balaban J connectivity index is 1.39. The van der Waals surface area contributed by atoms with Crippen molar-refractivity contribution in [1.29, 1.82) is 5.26 Å². The molecule has 10 heteroatoms. The van der Waals surface area contributed by atoms with Gasteiger partial charge in [-0.25, -0.2) is 9.37 Å². The highest BCUT2D eigenvalue weighted by molar-refractivity contribution is 6.32. The molecule has 0 bridgehead atoms. The fourth-order valence-electron chi connectivity index (χ4n) is 5.68. The molecule has 5 aromatic rings. The summed E-state index contributed by atoms with van der Waals surface area (Å²) < 4.78 is 16.1. The van der Waals surface area contributed by atoms with Gasteiger partial charge in [0.2, 0.25) is 0 Å². The molecule has 0 radical (unpaired) electrons. The van der Waals surface area contributed by atoms with Crippen LogP contribution in [-0.2, 0) is 0 Å². The maximum Gasteiger partial charge on any atom is 0.141 e. The average molecular weight is 615 g/mol. The van der Waals surface area contributed by atoms with Gasteiger partial charge in [0.05, 0.1) is 45.5 Å². The summed E-state index contributed by atoms with van der Waals surface area (Å²) in [6.07, 6.45) is 7.76. The third kappa shape index (κ3) is 6.16. The molecule has 7 nitrogen and oxygen atoms in total. The highest BCUT2D eigenvalue weighted by atomic mass is 35.5. The molecular formula is C33H30Cl2FN7. The smallest absolute Gasteiger partial charge is 0.141 e. The Hall–Kier alpha value is -4.16. The Morgan fingerprint density at radius 1 is 1.07 bits per heavy atom. The summed E-state index contributed by atoms with van der Waals surface area (Å²) in [4.78, 5) is 12.0. The Bertz CT molecular complexity index is 1790. The fraction of sp³-hybridized carbons (Fsp3) is 0.242. The molecule has 1 unspecified atom stereocenters. The predicted molar refractivity (Wildman–Crippen MR) is 171 cm³/mol. The molecule has 1 aliphatic rings. The molecule has 1 saturated heterocycles. The summed E-state index contributed by atoms with van der Waals surface area (Å²) in [7, 11) is 0. The number of hydrogen-bond donors (Lipinski definition) is 2. The zero-order valence-corrected chi connectivity index (χ0v) is 25.1. The topological polar surface area (TPSA) is 81.8 Å². The van der Waals surface area contributed by atoms with Gasteiger partial charge in [0.15, 0.2) is 0 Å². The standard InChI is InChI=1S/C33H30Cl2FN7/c1-2-42-12-10-25(11-13-42)43-19-30(39-20-43)32(21-6-4-3-5-7-21)41-29-15-23(34)14-26-31(22(17-37)18-38-33(26)29)40-24-8-9-28(36)27(35)16-24/h3-9,14-16,18-20,25,32,41H,2,10-13H2,1H3,(H,38,40). The lowest BCUT2D eigenvalue weighted by Gasteiger charge is -2.31. The van der Waals surface area contributed by atoms with Crippen LogP contribution in [-0.4, -0.2) is 39.1 Å². The minimum Gasteiger partial charge on any atom is -0.371 e. The van der Waals surface area contributed by atoms with E-state index in [0.717, 1.165) is 43.7 Å². The summed E-state index contributed by atoms with van der Waals surface area (Å²) in [5.74, 6) is -0.525. The van der Waals surface area contributed by atoms with E-state index in [1.165, 1.54) is 18.3 Å². The summed E-state index contributed by atoms with van der Waals surface area (Å²) in [6.45, 7) is 5.45. The van der Waals surface area contributed by atoms with Crippen molar-refractivity contribution >= 4 is 51.2 Å². The van der Waals surface area contributed by atoms with E-state index in [1.807, 2.05) is 30.6 Å². The number of likely N-dealkylation sites (tertiary alicyclic amines) is 1. The molecule has 2 N–H and O–H groups in total. The molecule has 218 valence electrons. The third-order valence-corrected chi connectivity index (χ3v) is 8.53. The molecule has 0 spiro atoms. The van der Waals surface area contributed by atoms with Crippen LogP contribution < -0.4 is 10.6 Å². The molecule has 2 aromatic heterocycles. The van der Waals surface area contributed by atoms with Gasteiger partial charge in [-0.2, -0.15) is 5.26 Å². The SMILES string of the molecule is CCN1CCC(n2cnc(C(Nc3cc(Cl)cc4c(Nc5ccc(F)c(Cl)c5)c(C#N)cnc34)c3ccccc3)c2)CC1. The van der Waals surface area contributed by atoms with Gasteiger partial charge in [0, 0.05) is 47.6 Å². The van der Waals surface area contributed by atoms with Gasteiger partial charge in [-0.15, -0.1) is 0 Å². The van der Waals surface area contributed by atoms with Crippen molar-refractivity contribution in [1.82, 2.24) is 19.4 Å². The summed E-state index contributed by atoms with van der Waals surface area (Å²) in [6, 6.07) is 20.3. The second kappa shape index (κ2) is 12.6. The lowest BCUT2D eigenvalue weighted by molar-refractivity contribution is 0.194. The first kappa shape index (κ1) is 28.9. The maximum absolute atomic E-state index is 13.8. The summed E-state index contributed by atoms with van der Waals surface area (Å²) >= 11 is 12.7. The first-order valence-electron chi connectivity index (χ1n) is 14.2. The molecule has 3 heterocycles. The molecule has 1 aliphatic heterocycles. The molecule has 6 rings (SSSR count). The highest BCUT2D eigenvalue weighted by Crippen LogP contribution is 2.38. The minimum absolute atomic E-state index is 0.0247. The monoisotopic (exact) mass is 613 g/mol. The molecule has 3 aromatic carbocycles. The zero-order valence-electron chi connectivity index (χ0n) is 23.6. The number of nitrogens with one attached hydrogen (secondary N) is 2. The molecule has 43 heavy (non-hydrogen) atoms. The van der Waals surface area contributed by atoms with Crippen LogP contribution in [0.15, 0.2) is 79.4 Å². The number of halogens is 3. The van der Waals surface area contributed by atoms with Gasteiger partial charge >= 0.3 is 0 Å². The minimum atomic E-state index is -0.525. The van der Waals surface area contributed by atoms with Gasteiger partial charge in [-0.05, 0) is 55.3 Å². The molecule has 0 aliphatic carbocycles. The number of hydrogen-bond acceptors (Lipinski definition) is 6. The van der Waals surface area contributed by atoms with E-state index in [9.17, 15) is 9.65 Å². The first-order chi connectivity index (χ1) is 20.9. The second-order valence-corrected chi connectivity index (χ2v) is 11.5. The van der Waals surface area contributed by atoms with E-state index in [4.69, 9.17) is 28.2 Å². The number of anilines is 3. The van der Waals surface area contributed by atoms with E-state index < -0.39 is 5.82 Å². The largest absolute Gasteiger partial charge is 0.371 e. The summed E-state index contributed by atoms with van der Waals surface area (Å²) in [5.41, 5.74) is 4.56. The maximum atomic E-state index is 13.8. The number of fused-ring (bicyclic) bond motifs is 1. The van der Waals surface area contributed by atoms with E-state index in [-0.39, 0.29) is 11.1 Å². The van der Waals surface area contributed by atoms with E-state index in [2.05, 4.69) is 56.4 Å². The van der Waals surface area contributed by atoms with Crippen LogP contribution in [0, 0.1) is 17.1 Å². The number of piperidine rings is 1. The Morgan fingerprint density at radius 3 is 2.58 bits per heavy atom. The molecule has 1 atom stereocenters. The van der Waals surface area contributed by atoms with Crippen LogP contribution >= 0.6 is 23.2 Å². The molecule has 1 fully saturated rings. The average Bonchev–Trinajstić information content (AvgIpc) is 3.52.